The van der Waals surface area contributed by atoms with Crippen LogP contribution in [0, 0.1) is 0 Å². The number of piperazine rings is 1. The number of methoxy groups -OCH3 is 1. The number of aryl methyl sites for hydroxylation is 1. The van der Waals surface area contributed by atoms with E-state index in [-0.39, 0.29) is 11.9 Å². The van der Waals surface area contributed by atoms with E-state index in [1.807, 2.05) is 32.0 Å². The van der Waals surface area contributed by atoms with Crippen molar-refractivity contribution < 1.29 is 18.7 Å². The van der Waals surface area contributed by atoms with Crippen molar-refractivity contribution in [2.24, 2.45) is 0 Å². The van der Waals surface area contributed by atoms with E-state index in [1.165, 1.54) is 0 Å². The van der Waals surface area contributed by atoms with Crippen molar-refractivity contribution >= 4 is 22.7 Å². The summed E-state index contributed by atoms with van der Waals surface area (Å²) in [6, 6.07) is 7.28. The Bertz CT molecular complexity index is 1220. The third-order valence-corrected chi connectivity index (χ3v) is 6.03. The van der Waals surface area contributed by atoms with E-state index < -0.39 is 5.63 Å². The van der Waals surface area contributed by atoms with Crippen LogP contribution in [0.25, 0.3) is 22.4 Å². The van der Waals surface area contributed by atoms with Gasteiger partial charge in [-0.15, -0.1) is 0 Å². The van der Waals surface area contributed by atoms with Crippen molar-refractivity contribution in [3.8, 4) is 17.2 Å². The molecule has 2 aromatic heterocycles. The van der Waals surface area contributed by atoms with Crippen LogP contribution in [-0.4, -0.2) is 67.3 Å². The van der Waals surface area contributed by atoms with E-state index in [1.54, 1.807) is 19.4 Å². The van der Waals surface area contributed by atoms with E-state index >= 15 is 0 Å². The Balaban J connectivity index is 1.59. The number of rotatable bonds is 8. The predicted octanol–water partition coefficient (Wildman–Crippen LogP) is 2.90. The summed E-state index contributed by atoms with van der Waals surface area (Å²) in [6.45, 7) is 7.92. The number of hydrogen-bond donors (Lipinski definition) is 0. The first-order valence-electron chi connectivity index (χ1n) is 11.6. The summed E-state index contributed by atoms with van der Waals surface area (Å²) in [7, 11) is 1.60. The lowest BCUT2D eigenvalue weighted by atomic mass is 10.1. The van der Waals surface area contributed by atoms with E-state index in [4.69, 9.17) is 13.9 Å². The van der Waals surface area contributed by atoms with Gasteiger partial charge in [0.1, 0.15) is 11.6 Å². The first-order chi connectivity index (χ1) is 16.5. The number of hydrogen-bond acceptors (Lipinski definition) is 9. The number of carbonyl (C=O) groups excluding carboxylic acids is 1. The molecule has 0 bridgehead atoms. The highest BCUT2D eigenvalue weighted by Crippen LogP contribution is 2.30. The van der Waals surface area contributed by atoms with E-state index in [0.717, 1.165) is 37.6 Å². The Labute approximate surface area is 198 Å². The van der Waals surface area contributed by atoms with Crippen molar-refractivity contribution in [2.45, 2.75) is 26.7 Å². The molecule has 0 saturated carbocycles. The summed E-state index contributed by atoms with van der Waals surface area (Å²) in [5.41, 5.74) is 1.63. The van der Waals surface area contributed by atoms with Crippen LogP contribution in [-0.2, 0) is 16.0 Å². The zero-order valence-corrected chi connectivity index (χ0v) is 19.9. The number of ether oxygens (including phenoxy) is 2. The van der Waals surface area contributed by atoms with Gasteiger partial charge in [0, 0.05) is 45.0 Å². The second-order valence-corrected chi connectivity index (χ2v) is 8.10. The van der Waals surface area contributed by atoms with Crippen LogP contribution in [0.5, 0.6) is 5.75 Å². The minimum atomic E-state index is -0.418. The van der Waals surface area contributed by atoms with Crippen molar-refractivity contribution in [2.75, 3.05) is 51.3 Å². The minimum Gasteiger partial charge on any atom is -0.497 e. The van der Waals surface area contributed by atoms with Crippen LogP contribution in [0.15, 0.2) is 39.7 Å². The summed E-state index contributed by atoms with van der Waals surface area (Å²) in [5.74, 6) is 1.44. The van der Waals surface area contributed by atoms with Crippen LogP contribution >= 0.6 is 0 Å². The van der Waals surface area contributed by atoms with Crippen LogP contribution in [0.4, 0.5) is 5.82 Å². The Kier molecular flexibility index (Phi) is 7.42. The summed E-state index contributed by atoms with van der Waals surface area (Å²) in [4.78, 5) is 38.3. The maximum absolute atomic E-state index is 12.9. The van der Waals surface area contributed by atoms with E-state index in [0.29, 0.717) is 48.2 Å². The summed E-state index contributed by atoms with van der Waals surface area (Å²) >= 11 is 0. The maximum Gasteiger partial charge on any atom is 0.347 e. The SMILES string of the molecule is CCOC(=O)CCN1CCN(c2ncccc2-c2nc3cc(OC)cc(CC)c3c(=O)o2)CC1. The van der Waals surface area contributed by atoms with Crippen molar-refractivity contribution in [3.05, 3.63) is 46.4 Å². The average Bonchev–Trinajstić information content (AvgIpc) is 2.87. The molecule has 0 N–H and O–H groups in total. The van der Waals surface area contributed by atoms with Gasteiger partial charge in [-0.25, -0.2) is 14.8 Å². The molecule has 0 unspecified atom stereocenters. The lowest BCUT2D eigenvalue weighted by molar-refractivity contribution is -0.143. The summed E-state index contributed by atoms with van der Waals surface area (Å²) < 4.78 is 16.1. The third-order valence-electron chi connectivity index (χ3n) is 6.03. The van der Waals surface area contributed by atoms with Crippen LogP contribution in [0.2, 0.25) is 0 Å². The van der Waals surface area contributed by atoms with Gasteiger partial charge in [-0.1, -0.05) is 6.92 Å². The predicted molar refractivity (Wildman–Crippen MR) is 129 cm³/mol. The van der Waals surface area contributed by atoms with Gasteiger partial charge in [-0.2, -0.15) is 0 Å². The molecular weight excluding hydrogens is 436 g/mol. The lowest BCUT2D eigenvalue weighted by Crippen LogP contribution is -2.47. The minimum absolute atomic E-state index is 0.169. The van der Waals surface area contributed by atoms with Gasteiger partial charge in [0.2, 0.25) is 5.89 Å². The van der Waals surface area contributed by atoms with Crippen LogP contribution < -0.4 is 15.3 Å². The largest absolute Gasteiger partial charge is 0.497 e. The quantitative estimate of drug-likeness (QED) is 0.464. The molecule has 0 atom stereocenters. The zero-order chi connectivity index (χ0) is 24.1. The highest BCUT2D eigenvalue weighted by atomic mass is 16.5. The highest BCUT2D eigenvalue weighted by molar-refractivity contribution is 5.84. The van der Waals surface area contributed by atoms with Gasteiger partial charge >= 0.3 is 11.6 Å². The third kappa shape index (κ3) is 5.04. The van der Waals surface area contributed by atoms with Gasteiger partial charge in [-0.05, 0) is 37.1 Å². The Morgan fingerprint density at radius 1 is 1.18 bits per heavy atom. The molecule has 9 heteroatoms. The molecule has 0 aliphatic carbocycles. The molecule has 1 aliphatic rings. The number of fused-ring (bicyclic) bond motifs is 1. The normalized spacial score (nSPS) is 14.4. The summed E-state index contributed by atoms with van der Waals surface area (Å²) in [6.07, 6.45) is 2.78. The monoisotopic (exact) mass is 466 g/mol. The Morgan fingerprint density at radius 3 is 2.68 bits per heavy atom. The molecule has 1 aliphatic heterocycles. The van der Waals surface area contributed by atoms with Crippen LogP contribution in [0.1, 0.15) is 25.8 Å². The highest BCUT2D eigenvalue weighted by Gasteiger charge is 2.23. The van der Waals surface area contributed by atoms with Gasteiger partial charge < -0.3 is 18.8 Å². The van der Waals surface area contributed by atoms with Crippen molar-refractivity contribution in [1.82, 2.24) is 14.9 Å². The lowest BCUT2D eigenvalue weighted by Gasteiger charge is -2.35. The number of benzene rings is 1. The fraction of sp³-hybridized carbons (Fsp3) is 0.440. The molecule has 0 radical (unpaired) electrons. The number of nitrogens with zero attached hydrogens (tertiary/aromatic N) is 4. The number of carbonyl (C=O) groups is 1. The first kappa shape index (κ1) is 23.7. The molecule has 1 fully saturated rings. The molecule has 4 rings (SSSR count). The number of pyridine rings is 1. The molecule has 0 amide bonds. The van der Waals surface area contributed by atoms with Crippen molar-refractivity contribution in [3.63, 3.8) is 0 Å². The molecule has 180 valence electrons. The fourth-order valence-electron chi connectivity index (χ4n) is 4.25. The van der Waals surface area contributed by atoms with Gasteiger partial charge in [0.05, 0.1) is 36.6 Å². The topological polar surface area (TPSA) is 98.0 Å². The van der Waals surface area contributed by atoms with Crippen molar-refractivity contribution in [1.29, 1.82) is 0 Å². The number of aromatic nitrogens is 2. The average molecular weight is 467 g/mol. The Morgan fingerprint density at radius 2 is 1.97 bits per heavy atom. The van der Waals surface area contributed by atoms with Gasteiger partial charge in [0.25, 0.3) is 0 Å². The Hall–Kier alpha value is -3.46. The van der Waals surface area contributed by atoms with E-state index in [2.05, 4.69) is 19.8 Å². The number of anilines is 1. The molecular formula is C25H30N4O5. The molecule has 0 spiro atoms. The second kappa shape index (κ2) is 10.6. The molecule has 1 saturated heterocycles. The molecule has 1 aromatic carbocycles. The fourth-order valence-corrected chi connectivity index (χ4v) is 4.25. The van der Waals surface area contributed by atoms with Gasteiger partial charge in [0.15, 0.2) is 0 Å². The summed E-state index contributed by atoms with van der Waals surface area (Å²) in [5, 5.41) is 0.479. The van der Waals surface area contributed by atoms with Crippen LogP contribution in [0.3, 0.4) is 0 Å². The number of esters is 1. The molecule has 3 aromatic rings. The first-order valence-corrected chi connectivity index (χ1v) is 11.6. The molecule has 9 nitrogen and oxygen atoms in total. The van der Waals surface area contributed by atoms with Gasteiger partial charge in [-0.3, -0.25) is 9.69 Å². The molecule has 3 heterocycles. The van der Waals surface area contributed by atoms with E-state index in [9.17, 15) is 9.59 Å². The smallest absolute Gasteiger partial charge is 0.347 e. The zero-order valence-electron chi connectivity index (χ0n) is 19.9. The maximum atomic E-state index is 12.9. The molecule has 34 heavy (non-hydrogen) atoms. The standard InChI is InChI=1S/C25H30N4O5/c1-4-17-15-18(32-3)16-20-22(17)25(31)34-24(27-20)19-7-6-9-26-23(19)29-13-11-28(12-14-29)10-8-21(30)33-5-2/h6-7,9,15-16H,4-5,8,10-14H2,1-3H3. The second-order valence-electron chi connectivity index (χ2n) is 8.10.